The first-order chi connectivity index (χ1) is 6.45. The molecular weight excluding hydrogens is 176 g/mol. The molecule has 82 valence electrons. The molecule has 0 amide bonds. The summed E-state index contributed by atoms with van der Waals surface area (Å²) in [6, 6.07) is 0. The third kappa shape index (κ3) is 1.37. The number of nitrogens with two attached hydrogens (primary N) is 4. The van der Waals surface area contributed by atoms with Crippen LogP contribution in [0.1, 0.15) is 38.5 Å². The molecule has 0 radical (unpaired) electrons. The number of hydrogen-bond donors (Lipinski definition) is 4. The lowest BCUT2D eigenvalue weighted by atomic mass is 9.62. The summed E-state index contributed by atoms with van der Waals surface area (Å²) in [5.74, 6) is 0.971. The second kappa shape index (κ2) is 3.17. The summed E-state index contributed by atoms with van der Waals surface area (Å²) in [4.78, 5) is 0. The maximum Gasteiger partial charge on any atom is 0.0987 e. The van der Waals surface area contributed by atoms with E-state index >= 15 is 0 Å². The Balaban J connectivity index is 2.22. The summed E-state index contributed by atoms with van der Waals surface area (Å²) in [6.07, 6.45) is 6.70. The van der Waals surface area contributed by atoms with Gasteiger partial charge in [-0.2, -0.15) is 0 Å². The lowest BCUT2D eigenvalue weighted by Gasteiger charge is -2.54. The normalized spacial score (nSPS) is 40.3. The molecule has 0 heterocycles. The van der Waals surface area contributed by atoms with Crippen LogP contribution in [0.15, 0.2) is 0 Å². The van der Waals surface area contributed by atoms with E-state index in [0.29, 0.717) is 11.8 Å². The predicted octanol–water partition coefficient (Wildman–Crippen LogP) is -0.186. The minimum Gasteiger partial charge on any atom is -0.311 e. The van der Waals surface area contributed by atoms with Crippen molar-refractivity contribution < 1.29 is 0 Å². The zero-order chi connectivity index (χ0) is 10.4. The van der Waals surface area contributed by atoms with E-state index in [1.165, 1.54) is 19.3 Å². The van der Waals surface area contributed by atoms with Crippen LogP contribution in [0.5, 0.6) is 0 Å². The Kier molecular flexibility index (Phi) is 2.34. The van der Waals surface area contributed by atoms with Gasteiger partial charge in [-0.25, -0.2) is 0 Å². The van der Waals surface area contributed by atoms with Crippen LogP contribution in [0.4, 0.5) is 0 Å². The molecule has 0 aromatic rings. The molecule has 0 unspecified atom stereocenters. The fourth-order valence-corrected chi connectivity index (χ4v) is 3.17. The summed E-state index contributed by atoms with van der Waals surface area (Å²) in [5.41, 5.74) is 22.5. The average Bonchev–Trinajstić information content (AvgIpc) is 2.13. The van der Waals surface area contributed by atoms with Crippen molar-refractivity contribution in [1.29, 1.82) is 0 Å². The van der Waals surface area contributed by atoms with Gasteiger partial charge in [0.2, 0.25) is 0 Å². The maximum absolute atomic E-state index is 6.14. The van der Waals surface area contributed by atoms with Gasteiger partial charge in [-0.05, 0) is 31.1 Å². The quantitative estimate of drug-likeness (QED) is 0.405. The maximum atomic E-state index is 6.14. The van der Waals surface area contributed by atoms with Gasteiger partial charge in [0.25, 0.3) is 0 Å². The molecule has 2 fully saturated rings. The van der Waals surface area contributed by atoms with E-state index in [4.69, 9.17) is 22.9 Å². The Hall–Kier alpha value is -0.160. The van der Waals surface area contributed by atoms with Crippen molar-refractivity contribution in [3.63, 3.8) is 0 Å². The first-order valence-corrected chi connectivity index (χ1v) is 5.61. The molecule has 2 atom stereocenters. The van der Waals surface area contributed by atoms with Gasteiger partial charge in [0.05, 0.1) is 11.3 Å². The molecule has 4 heteroatoms. The average molecular weight is 198 g/mol. The molecule has 0 saturated heterocycles. The van der Waals surface area contributed by atoms with Gasteiger partial charge in [0, 0.05) is 0 Å². The Bertz CT molecular complexity index is 224. The third-order valence-corrected chi connectivity index (χ3v) is 4.26. The van der Waals surface area contributed by atoms with Crippen LogP contribution >= 0.6 is 0 Å². The predicted molar refractivity (Wildman–Crippen MR) is 56.9 cm³/mol. The van der Waals surface area contributed by atoms with Crippen molar-refractivity contribution in [2.45, 2.75) is 49.9 Å². The van der Waals surface area contributed by atoms with Crippen molar-refractivity contribution >= 4 is 0 Å². The minimum absolute atomic E-state index is 0.319. The summed E-state index contributed by atoms with van der Waals surface area (Å²) >= 11 is 0. The van der Waals surface area contributed by atoms with Crippen molar-refractivity contribution in [3.05, 3.63) is 0 Å². The van der Waals surface area contributed by atoms with E-state index in [9.17, 15) is 0 Å². The fraction of sp³-hybridized carbons (Fsp3) is 1.00. The molecule has 2 aliphatic carbocycles. The van der Waals surface area contributed by atoms with Gasteiger partial charge in [-0.1, -0.05) is 19.3 Å². The van der Waals surface area contributed by atoms with Crippen LogP contribution in [-0.4, -0.2) is 11.3 Å². The molecular formula is C10H22N4. The first-order valence-electron chi connectivity index (χ1n) is 5.61. The molecule has 4 nitrogen and oxygen atoms in total. The molecule has 2 rings (SSSR count). The highest BCUT2D eigenvalue weighted by Gasteiger charge is 2.52. The Morgan fingerprint density at radius 1 is 0.857 bits per heavy atom. The Labute approximate surface area is 85.4 Å². The van der Waals surface area contributed by atoms with Crippen LogP contribution in [0.25, 0.3) is 0 Å². The van der Waals surface area contributed by atoms with Crippen molar-refractivity contribution in [2.24, 2.45) is 34.8 Å². The van der Waals surface area contributed by atoms with E-state index in [1.54, 1.807) is 0 Å². The van der Waals surface area contributed by atoms with E-state index in [2.05, 4.69) is 0 Å². The van der Waals surface area contributed by atoms with Crippen LogP contribution in [0.3, 0.4) is 0 Å². The molecule has 0 aliphatic heterocycles. The second-order valence-corrected chi connectivity index (χ2v) is 5.16. The molecule has 2 saturated carbocycles. The molecule has 2 aliphatic rings. The summed E-state index contributed by atoms with van der Waals surface area (Å²) in [6.45, 7) is 0. The van der Waals surface area contributed by atoms with E-state index < -0.39 is 11.3 Å². The largest absolute Gasteiger partial charge is 0.311 e. The second-order valence-electron chi connectivity index (χ2n) is 5.16. The molecule has 0 spiro atoms. The third-order valence-electron chi connectivity index (χ3n) is 4.26. The highest BCUT2D eigenvalue weighted by Crippen LogP contribution is 2.44. The standard InChI is InChI=1S/C10H22N4/c11-9(12)6-5-7-3-1-2-4-8(7)10(9,13)14/h7-8H,1-6,11-14H2/t7-,8-/m0/s1. The van der Waals surface area contributed by atoms with Gasteiger partial charge in [0.15, 0.2) is 0 Å². The fourth-order valence-electron chi connectivity index (χ4n) is 3.17. The smallest absolute Gasteiger partial charge is 0.0987 e. The number of rotatable bonds is 0. The van der Waals surface area contributed by atoms with Crippen LogP contribution in [0, 0.1) is 11.8 Å². The lowest BCUT2D eigenvalue weighted by molar-refractivity contribution is 0.0148. The number of hydrogen-bond acceptors (Lipinski definition) is 4. The number of fused-ring (bicyclic) bond motifs is 1. The van der Waals surface area contributed by atoms with Crippen molar-refractivity contribution in [2.75, 3.05) is 0 Å². The van der Waals surface area contributed by atoms with Crippen molar-refractivity contribution in [3.8, 4) is 0 Å². The highest BCUT2D eigenvalue weighted by atomic mass is 15.2. The summed E-state index contributed by atoms with van der Waals surface area (Å²) in [5, 5.41) is 0. The Morgan fingerprint density at radius 3 is 2.21 bits per heavy atom. The summed E-state index contributed by atoms with van der Waals surface area (Å²) in [7, 11) is 0. The van der Waals surface area contributed by atoms with Crippen LogP contribution < -0.4 is 22.9 Å². The Morgan fingerprint density at radius 2 is 1.50 bits per heavy atom. The van der Waals surface area contributed by atoms with Gasteiger partial charge in [-0.3, -0.25) is 0 Å². The molecule has 8 N–H and O–H groups in total. The summed E-state index contributed by atoms with van der Waals surface area (Å²) < 4.78 is 0. The van der Waals surface area contributed by atoms with Gasteiger partial charge < -0.3 is 22.9 Å². The van der Waals surface area contributed by atoms with Gasteiger partial charge >= 0.3 is 0 Å². The zero-order valence-electron chi connectivity index (χ0n) is 8.71. The SMILES string of the molecule is NC1(N)CC[C@@H]2CCCC[C@@H]2C1(N)N. The van der Waals surface area contributed by atoms with E-state index in [1.807, 2.05) is 0 Å². The van der Waals surface area contributed by atoms with Crippen molar-refractivity contribution in [1.82, 2.24) is 0 Å². The highest BCUT2D eigenvalue weighted by molar-refractivity contribution is 5.09. The monoisotopic (exact) mass is 198 g/mol. The lowest BCUT2D eigenvalue weighted by Crippen LogP contribution is -2.81. The topological polar surface area (TPSA) is 104 Å². The first kappa shape index (κ1) is 10.4. The van der Waals surface area contributed by atoms with E-state index in [0.717, 1.165) is 19.3 Å². The van der Waals surface area contributed by atoms with Gasteiger partial charge in [-0.15, -0.1) is 0 Å². The molecule has 0 aromatic carbocycles. The van der Waals surface area contributed by atoms with Gasteiger partial charge in [0.1, 0.15) is 0 Å². The van der Waals surface area contributed by atoms with E-state index in [-0.39, 0.29) is 0 Å². The molecule has 14 heavy (non-hydrogen) atoms. The molecule has 0 bridgehead atoms. The molecule has 0 aromatic heterocycles. The minimum atomic E-state index is -0.883. The van der Waals surface area contributed by atoms with Crippen LogP contribution in [0.2, 0.25) is 0 Å². The zero-order valence-corrected chi connectivity index (χ0v) is 8.71. The van der Waals surface area contributed by atoms with Crippen LogP contribution in [-0.2, 0) is 0 Å².